The summed E-state index contributed by atoms with van der Waals surface area (Å²) in [5.74, 6) is 1.38. The summed E-state index contributed by atoms with van der Waals surface area (Å²) in [6.45, 7) is 0.727. The highest BCUT2D eigenvalue weighted by atomic mass is 16.5. The number of methoxy groups -OCH3 is 1. The van der Waals surface area contributed by atoms with Crippen LogP contribution in [0.5, 0.6) is 5.88 Å². The Bertz CT molecular complexity index is 677. The van der Waals surface area contributed by atoms with Crippen LogP contribution in [0.3, 0.4) is 0 Å². The summed E-state index contributed by atoms with van der Waals surface area (Å²) in [5.41, 5.74) is 3.14. The zero-order valence-electron chi connectivity index (χ0n) is 11.6. The van der Waals surface area contributed by atoms with Crippen LogP contribution >= 0.6 is 0 Å². The summed E-state index contributed by atoms with van der Waals surface area (Å²) in [5, 5.41) is 10.0. The predicted molar refractivity (Wildman–Crippen MR) is 79.9 cm³/mol. The van der Waals surface area contributed by atoms with Gasteiger partial charge in [-0.1, -0.05) is 24.3 Å². The highest BCUT2D eigenvalue weighted by Gasteiger charge is 2.01. The standard InChI is InChI=1S/C15H15N5O/c1-21-14-7-6-13(9-17-14)16-8-11-2-4-12(5-3-11)15-18-10-19-20-15/h2-7,9-10,16H,8H2,1H3,(H,18,19,20). The molecule has 0 aliphatic carbocycles. The van der Waals surface area contributed by atoms with Crippen LogP contribution in [0.2, 0.25) is 0 Å². The molecule has 1 aromatic carbocycles. The average molecular weight is 281 g/mol. The van der Waals surface area contributed by atoms with Gasteiger partial charge in [0, 0.05) is 18.2 Å². The van der Waals surface area contributed by atoms with Gasteiger partial charge in [0.1, 0.15) is 6.33 Å². The Labute approximate surface area is 122 Å². The van der Waals surface area contributed by atoms with Crippen molar-refractivity contribution in [2.45, 2.75) is 6.54 Å². The number of H-pyrrole nitrogens is 1. The van der Waals surface area contributed by atoms with Crippen molar-refractivity contribution in [3.63, 3.8) is 0 Å². The van der Waals surface area contributed by atoms with Crippen LogP contribution in [0.15, 0.2) is 48.9 Å². The van der Waals surface area contributed by atoms with Gasteiger partial charge in [-0.3, -0.25) is 5.10 Å². The lowest BCUT2D eigenvalue weighted by molar-refractivity contribution is 0.398. The second-order valence-corrected chi connectivity index (χ2v) is 4.47. The Morgan fingerprint density at radius 2 is 1.95 bits per heavy atom. The first-order chi connectivity index (χ1) is 10.3. The number of nitrogens with zero attached hydrogens (tertiary/aromatic N) is 3. The minimum absolute atomic E-state index is 0.608. The second-order valence-electron chi connectivity index (χ2n) is 4.47. The Morgan fingerprint density at radius 1 is 1.10 bits per heavy atom. The molecule has 0 unspecified atom stereocenters. The van der Waals surface area contributed by atoms with Crippen molar-refractivity contribution in [1.29, 1.82) is 0 Å². The molecule has 6 nitrogen and oxygen atoms in total. The van der Waals surface area contributed by atoms with Crippen LogP contribution in [0, 0.1) is 0 Å². The zero-order chi connectivity index (χ0) is 14.5. The number of rotatable bonds is 5. The zero-order valence-corrected chi connectivity index (χ0v) is 11.6. The summed E-state index contributed by atoms with van der Waals surface area (Å²) in [6, 6.07) is 11.9. The number of nitrogens with one attached hydrogen (secondary N) is 2. The van der Waals surface area contributed by atoms with E-state index in [1.807, 2.05) is 24.3 Å². The molecule has 3 aromatic rings. The number of hydrogen-bond donors (Lipinski definition) is 2. The lowest BCUT2D eigenvalue weighted by atomic mass is 10.1. The maximum Gasteiger partial charge on any atom is 0.213 e. The third kappa shape index (κ3) is 3.17. The molecule has 0 fully saturated rings. The van der Waals surface area contributed by atoms with E-state index in [1.54, 1.807) is 13.3 Å². The summed E-state index contributed by atoms with van der Waals surface area (Å²) < 4.78 is 5.03. The highest BCUT2D eigenvalue weighted by Crippen LogP contribution is 2.16. The van der Waals surface area contributed by atoms with E-state index in [4.69, 9.17) is 4.74 Å². The Balaban J connectivity index is 1.62. The van der Waals surface area contributed by atoms with Gasteiger partial charge in [-0.05, 0) is 11.6 Å². The molecule has 6 heteroatoms. The summed E-state index contributed by atoms with van der Waals surface area (Å²) in [7, 11) is 1.60. The van der Waals surface area contributed by atoms with Gasteiger partial charge in [-0.2, -0.15) is 5.10 Å². The molecule has 0 radical (unpaired) electrons. The molecule has 0 saturated heterocycles. The molecule has 0 spiro atoms. The molecule has 2 heterocycles. The van der Waals surface area contributed by atoms with Gasteiger partial charge < -0.3 is 10.1 Å². The molecule has 0 bridgehead atoms. The van der Waals surface area contributed by atoms with E-state index < -0.39 is 0 Å². The van der Waals surface area contributed by atoms with Gasteiger partial charge in [0.2, 0.25) is 5.88 Å². The number of ether oxygens (including phenoxy) is 1. The van der Waals surface area contributed by atoms with E-state index in [0.717, 1.165) is 23.6 Å². The van der Waals surface area contributed by atoms with Crippen molar-refractivity contribution in [3.05, 3.63) is 54.5 Å². The van der Waals surface area contributed by atoms with Crippen molar-refractivity contribution in [3.8, 4) is 17.3 Å². The molecular weight excluding hydrogens is 266 g/mol. The molecule has 2 aromatic heterocycles. The fourth-order valence-corrected chi connectivity index (χ4v) is 1.93. The molecule has 21 heavy (non-hydrogen) atoms. The topological polar surface area (TPSA) is 75.7 Å². The van der Waals surface area contributed by atoms with E-state index >= 15 is 0 Å². The van der Waals surface area contributed by atoms with Crippen molar-refractivity contribution in [2.24, 2.45) is 0 Å². The molecule has 0 aliphatic heterocycles. The van der Waals surface area contributed by atoms with Gasteiger partial charge in [0.15, 0.2) is 5.82 Å². The summed E-state index contributed by atoms with van der Waals surface area (Å²) >= 11 is 0. The Kier molecular flexibility index (Phi) is 3.77. The minimum Gasteiger partial charge on any atom is -0.481 e. The fraction of sp³-hybridized carbons (Fsp3) is 0.133. The van der Waals surface area contributed by atoms with E-state index in [9.17, 15) is 0 Å². The largest absolute Gasteiger partial charge is 0.481 e. The van der Waals surface area contributed by atoms with Crippen molar-refractivity contribution in [1.82, 2.24) is 20.2 Å². The van der Waals surface area contributed by atoms with Gasteiger partial charge in [-0.15, -0.1) is 0 Å². The number of aromatic nitrogens is 4. The van der Waals surface area contributed by atoms with Crippen LogP contribution in [-0.4, -0.2) is 27.3 Å². The Morgan fingerprint density at radius 3 is 2.57 bits per heavy atom. The average Bonchev–Trinajstić information content (AvgIpc) is 3.08. The van der Waals surface area contributed by atoms with Gasteiger partial charge in [0.05, 0.1) is 19.0 Å². The van der Waals surface area contributed by atoms with Gasteiger partial charge in [-0.25, -0.2) is 9.97 Å². The number of aromatic amines is 1. The first-order valence-electron chi connectivity index (χ1n) is 6.54. The minimum atomic E-state index is 0.608. The highest BCUT2D eigenvalue weighted by molar-refractivity contribution is 5.54. The van der Waals surface area contributed by atoms with Gasteiger partial charge >= 0.3 is 0 Å². The third-order valence-corrected chi connectivity index (χ3v) is 3.08. The first-order valence-corrected chi connectivity index (χ1v) is 6.54. The lowest BCUT2D eigenvalue weighted by Gasteiger charge is -2.07. The number of hydrogen-bond acceptors (Lipinski definition) is 5. The van der Waals surface area contributed by atoms with Crippen LogP contribution in [-0.2, 0) is 6.54 Å². The smallest absolute Gasteiger partial charge is 0.213 e. The van der Waals surface area contributed by atoms with Crippen LogP contribution in [0.4, 0.5) is 5.69 Å². The van der Waals surface area contributed by atoms with Crippen LogP contribution in [0.1, 0.15) is 5.56 Å². The van der Waals surface area contributed by atoms with E-state index in [-0.39, 0.29) is 0 Å². The molecule has 0 atom stereocenters. The normalized spacial score (nSPS) is 10.3. The molecule has 0 aliphatic rings. The van der Waals surface area contributed by atoms with Crippen molar-refractivity contribution < 1.29 is 4.74 Å². The molecule has 0 saturated carbocycles. The van der Waals surface area contributed by atoms with Crippen molar-refractivity contribution in [2.75, 3.05) is 12.4 Å². The molecule has 3 rings (SSSR count). The Hall–Kier alpha value is -2.89. The van der Waals surface area contributed by atoms with E-state index in [2.05, 4.69) is 37.6 Å². The predicted octanol–water partition coefficient (Wildman–Crippen LogP) is 2.49. The summed E-state index contributed by atoms with van der Waals surface area (Å²) in [6.07, 6.45) is 3.25. The molecular formula is C15H15N5O. The SMILES string of the molecule is COc1ccc(NCc2ccc(-c3ncn[nH]3)cc2)cn1. The van der Waals surface area contributed by atoms with Crippen LogP contribution in [0.25, 0.3) is 11.4 Å². The van der Waals surface area contributed by atoms with E-state index in [1.165, 1.54) is 11.9 Å². The van der Waals surface area contributed by atoms with E-state index in [0.29, 0.717) is 5.88 Å². The molecule has 106 valence electrons. The second kappa shape index (κ2) is 6.04. The maximum atomic E-state index is 5.03. The third-order valence-electron chi connectivity index (χ3n) is 3.08. The monoisotopic (exact) mass is 281 g/mol. The van der Waals surface area contributed by atoms with Crippen LogP contribution < -0.4 is 10.1 Å². The number of benzene rings is 1. The maximum absolute atomic E-state index is 5.03. The molecule has 2 N–H and O–H groups in total. The van der Waals surface area contributed by atoms with Crippen molar-refractivity contribution >= 4 is 5.69 Å². The molecule has 0 amide bonds. The lowest BCUT2D eigenvalue weighted by Crippen LogP contribution is -2.00. The van der Waals surface area contributed by atoms with Gasteiger partial charge in [0.25, 0.3) is 0 Å². The summed E-state index contributed by atoms with van der Waals surface area (Å²) in [4.78, 5) is 8.28. The number of pyridine rings is 1. The quantitative estimate of drug-likeness (QED) is 0.751. The fourth-order valence-electron chi connectivity index (χ4n) is 1.93. The number of anilines is 1. The first kappa shape index (κ1) is 13.1.